The van der Waals surface area contributed by atoms with Crippen LogP contribution in [-0.2, 0) is 4.79 Å². The summed E-state index contributed by atoms with van der Waals surface area (Å²) in [7, 11) is 0. The third-order valence-electron chi connectivity index (χ3n) is 4.51. The molecular weight excluding hydrogens is 322 g/mol. The van der Waals surface area contributed by atoms with Crippen LogP contribution in [0.25, 0.3) is 0 Å². The second-order valence-electron chi connectivity index (χ2n) is 6.08. The molecular formula is C19H17NO5. The molecule has 0 fully saturated rings. The van der Waals surface area contributed by atoms with Gasteiger partial charge in [-0.1, -0.05) is 18.2 Å². The van der Waals surface area contributed by atoms with Gasteiger partial charge in [-0.25, -0.2) is 0 Å². The first-order valence-electron chi connectivity index (χ1n) is 8.18. The maximum absolute atomic E-state index is 13.0. The third-order valence-corrected chi connectivity index (χ3v) is 4.51. The number of anilines is 1. The molecule has 1 N–H and O–H groups in total. The van der Waals surface area contributed by atoms with Gasteiger partial charge in [0.15, 0.2) is 11.5 Å². The third kappa shape index (κ3) is 2.69. The number of carboxylic acid groups (broad SMARTS) is 1. The average molecular weight is 339 g/mol. The Hall–Kier alpha value is -3.02. The first kappa shape index (κ1) is 15.5. The maximum Gasteiger partial charge on any atom is 0.312 e. The van der Waals surface area contributed by atoms with Crippen molar-refractivity contribution >= 4 is 17.6 Å². The van der Waals surface area contributed by atoms with Gasteiger partial charge in [-0.05, 0) is 29.8 Å². The summed E-state index contributed by atoms with van der Waals surface area (Å²) in [5.41, 5.74) is 1.76. The lowest BCUT2D eigenvalue weighted by Gasteiger charge is -2.18. The Bertz CT molecular complexity index is 847. The van der Waals surface area contributed by atoms with Gasteiger partial charge in [0, 0.05) is 24.2 Å². The van der Waals surface area contributed by atoms with Gasteiger partial charge in [0.05, 0.1) is 13.2 Å². The summed E-state index contributed by atoms with van der Waals surface area (Å²) in [5.74, 6) is -0.710. The van der Waals surface area contributed by atoms with Gasteiger partial charge >= 0.3 is 5.97 Å². The van der Waals surface area contributed by atoms with Crippen molar-refractivity contribution < 1.29 is 24.2 Å². The van der Waals surface area contributed by atoms with E-state index in [1.807, 2.05) is 0 Å². The van der Waals surface area contributed by atoms with Crippen LogP contribution in [0.3, 0.4) is 0 Å². The predicted molar refractivity (Wildman–Crippen MR) is 90.5 cm³/mol. The quantitative estimate of drug-likeness (QED) is 0.910. The fourth-order valence-corrected chi connectivity index (χ4v) is 3.26. The zero-order chi connectivity index (χ0) is 17.4. The summed E-state index contributed by atoms with van der Waals surface area (Å²) in [6, 6.07) is 12.2. The molecule has 25 heavy (non-hydrogen) atoms. The lowest BCUT2D eigenvalue weighted by atomic mass is 10.0. The van der Waals surface area contributed by atoms with Crippen molar-refractivity contribution in [2.45, 2.75) is 12.3 Å². The number of fused-ring (bicyclic) bond motifs is 2. The molecule has 0 radical (unpaired) electrons. The highest BCUT2D eigenvalue weighted by atomic mass is 16.5. The second kappa shape index (κ2) is 6.12. The van der Waals surface area contributed by atoms with Crippen LogP contribution in [0.5, 0.6) is 11.5 Å². The van der Waals surface area contributed by atoms with Crippen molar-refractivity contribution in [1.82, 2.24) is 0 Å². The first-order valence-corrected chi connectivity index (χ1v) is 8.18. The molecule has 2 aromatic rings. The van der Waals surface area contributed by atoms with Crippen molar-refractivity contribution in [2.75, 3.05) is 24.7 Å². The molecule has 0 spiro atoms. The highest BCUT2D eigenvalue weighted by Gasteiger charge is 2.36. The molecule has 0 aromatic heterocycles. The number of hydrogen-bond donors (Lipinski definition) is 1. The Labute approximate surface area is 144 Å². The molecule has 0 aliphatic carbocycles. The highest BCUT2D eigenvalue weighted by molar-refractivity contribution is 6.09. The van der Waals surface area contributed by atoms with Crippen molar-refractivity contribution in [2.24, 2.45) is 0 Å². The number of carbonyl (C=O) groups is 2. The zero-order valence-corrected chi connectivity index (χ0v) is 13.5. The lowest BCUT2D eigenvalue weighted by Crippen LogP contribution is -2.31. The highest BCUT2D eigenvalue weighted by Crippen LogP contribution is 2.38. The summed E-state index contributed by atoms with van der Waals surface area (Å²) in [6.45, 7) is 1.25. The molecule has 0 bridgehead atoms. The summed E-state index contributed by atoms with van der Waals surface area (Å²) >= 11 is 0. The van der Waals surface area contributed by atoms with Crippen LogP contribution in [0.4, 0.5) is 5.69 Å². The molecule has 0 saturated carbocycles. The molecule has 0 saturated heterocycles. The summed E-state index contributed by atoms with van der Waals surface area (Å²) in [5, 5.41) is 9.44. The molecule has 2 heterocycles. The number of aliphatic carboxylic acids is 1. The normalized spacial score (nSPS) is 18.4. The minimum absolute atomic E-state index is 0.127. The second-order valence-corrected chi connectivity index (χ2v) is 6.08. The van der Waals surface area contributed by atoms with Gasteiger partial charge in [-0.15, -0.1) is 0 Å². The van der Waals surface area contributed by atoms with Crippen LogP contribution in [0.15, 0.2) is 42.5 Å². The molecule has 128 valence electrons. The fraction of sp³-hybridized carbons (Fsp3) is 0.263. The monoisotopic (exact) mass is 339 g/mol. The van der Waals surface area contributed by atoms with E-state index in [0.29, 0.717) is 41.5 Å². The summed E-state index contributed by atoms with van der Waals surface area (Å²) in [6.07, 6.45) is 0.789. The molecule has 4 rings (SSSR count). The first-order chi connectivity index (χ1) is 12.1. The molecule has 2 aromatic carbocycles. The maximum atomic E-state index is 13.0. The predicted octanol–water partition coefficient (Wildman–Crippen LogP) is 2.68. The number of hydrogen-bond acceptors (Lipinski definition) is 4. The van der Waals surface area contributed by atoms with Crippen LogP contribution in [0, 0.1) is 0 Å². The molecule has 1 amide bonds. The minimum Gasteiger partial charge on any atom is -0.490 e. The smallest absolute Gasteiger partial charge is 0.312 e. The van der Waals surface area contributed by atoms with E-state index in [0.717, 1.165) is 6.42 Å². The molecule has 6 heteroatoms. The van der Waals surface area contributed by atoms with E-state index in [2.05, 4.69) is 0 Å². The number of benzene rings is 2. The molecule has 6 nitrogen and oxygen atoms in total. The Kier molecular flexibility index (Phi) is 3.80. The number of rotatable bonds is 2. The van der Waals surface area contributed by atoms with E-state index in [1.165, 1.54) is 4.90 Å². The Morgan fingerprint density at radius 2 is 1.80 bits per heavy atom. The van der Waals surface area contributed by atoms with Crippen molar-refractivity contribution in [1.29, 1.82) is 0 Å². The van der Waals surface area contributed by atoms with Crippen LogP contribution in [0.1, 0.15) is 28.3 Å². The minimum atomic E-state index is -0.929. The van der Waals surface area contributed by atoms with Gasteiger partial charge in [-0.3, -0.25) is 9.59 Å². The van der Waals surface area contributed by atoms with Crippen LogP contribution < -0.4 is 14.4 Å². The van der Waals surface area contributed by atoms with Crippen molar-refractivity contribution in [3.05, 3.63) is 53.6 Å². The Morgan fingerprint density at radius 3 is 2.60 bits per heavy atom. The van der Waals surface area contributed by atoms with Crippen molar-refractivity contribution in [3.8, 4) is 11.5 Å². The van der Waals surface area contributed by atoms with Crippen LogP contribution in [-0.4, -0.2) is 36.7 Å². The van der Waals surface area contributed by atoms with Gasteiger partial charge in [0.25, 0.3) is 5.91 Å². The van der Waals surface area contributed by atoms with Gasteiger partial charge in [-0.2, -0.15) is 0 Å². The van der Waals surface area contributed by atoms with E-state index in [4.69, 9.17) is 9.47 Å². The number of amides is 1. The largest absolute Gasteiger partial charge is 0.490 e. The number of ether oxygens (including phenoxy) is 2. The van der Waals surface area contributed by atoms with E-state index < -0.39 is 11.9 Å². The van der Waals surface area contributed by atoms with Crippen LogP contribution >= 0.6 is 0 Å². The van der Waals surface area contributed by atoms with Gasteiger partial charge in [0.1, 0.15) is 5.92 Å². The number of carboxylic acids is 1. The number of para-hydroxylation sites is 1. The average Bonchev–Trinajstić information content (AvgIpc) is 2.85. The van der Waals surface area contributed by atoms with Gasteiger partial charge < -0.3 is 19.5 Å². The number of carbonyl (C=O) groups excluding carboxylic acids is 1. The van der Waals surface area contributed by atoms with E-state index >= 15 is 0 Å². The fourth-order valence-electron chi connectivity index (χ4n) is 3.26. The van der Waals surface area contributed by atoms with Crippen LogP contribution in [0.2, 0.25) is 0 Å². The SMILES string of the molecule is O=C(O)[C@H]1CN(C(=O)c2ccc3c(c2)OCCCO3)c2ccccc21. The Balaban J connectivity index is 1.68. The molecule has 2 aliphatic rings. The topological polar surface area (TPSA) is 76.1 Å². The summed E-state index contributed by atoms with van der Waals surface area (Å²) in [4.78, 5) is 26.0. The molecule has 1 atom stereocenters. The Morgan fingerprint density at radius 1 is 1.04 bits per heavy atom. The van der Waals surface area contributed by atoms with E-state index in [-0.39, 0.29) is 12.5 Å². The van der Waals surface area contributed by atoms with E-state index in [9.17, 15) is 14.7 Å². The van der Waals surface area contributed by atoms with Crippen molar-refractivity contribution in [3.63, 3.8) is 0 Å². The standard InChI is InChI=1S/C19H17NO5/c21-18(12-6-7-16-17(10-12)25-9-3-8-24-16)20-11-14(19(22)23)13-4-1-2-5-15(13)20/h1-2,4-7,10,14H,3,8-9,11H2,(H,22,23)/t14-/m0/s1. The summed E-state index contributed by atoms with van der Waals surface area (Å²) < 4.78 is 11.2. The van der Waals surface area contributed by atoms with Gasteiger partial charge in [0.2, 0.25) is 0 Å². The molecule has 2 aliphatic heterocycles. The zero-order valence-electron chi connectivity index (χ0n) is 13.5. The molecule has 0 unspecified atom stereocenters. The number of nitrogens with zero attached hydrogens (tertiary/aromatic N) is 1. The lowest BCUT2D eigenvalue weighted by molar-refractivity contribution is -0.138. The van der Waals surface area contributed by atoms with E-state index in [1.54, 1.807) is 42.5 Å².